The Bertz CT molecular complexity index is 695. The van der Waals surface area contributed by atoms with Crippen molar-refractivity contribution in [2.75, 3.05) is 20.3 Å². The van der Waals surface area contributed by atoms with Gasteiger partial charge >= 0.3 is 0 Å². The smallest absolute Gasteiger partial charge is 0.256 e. The largest absolute Gasteiger partial charge is 0.507 e. The summed E-state index contributed by atoms with van der Waals surface area (Å²) in [6.07, 6.45) is 1.37. The van der Waals surface area contributed by atoms with Crippen molar-refractivity contribution in [3.8, 4) is 5.75 Å². The third kappa shape index (κ3) is 3.95. The van der Waals surface area contributed by atoms with Crippen molar-refractivity contribution in [3.05, 3.63) is 64.1 Å². The number of benzene rings is 1. The molecule has 6 nitrogen and oxygen atoms in total. The molecule has 0 bridgehead atoms. The Hall–Kier alpha value is -2.60. The van der Waals surface area contributed by atoms with Crippen molar-refractivity contribution in [3.63, 3.8) is 0 Å². The summed E-state index contributed by atoms with van der Waals surface area (Å²) in [6, 6.07) is 10.5. The maximum Gasteiger partial charge on any atom is 0.256 e. The first-order valence-corrected chi connectivity index (χ1v) is 6.86. The number of hydrogen-bond donors (Lipinski definition) is 2. The van der Waals surface area contributed by atoms with Gasteiger partial charge < -0.3 is 19.7 Å². The molecule has 2 N–H and O–H groups in total. The molecule has 22 heavy (non-hydrogen) atoms. The SMILES string of the molecule is COCCNC(=O)c1cn(Cc2ccccc2)c(=O)cc1O. The highest BCUT2D eigenvalue weighted by Crippen LogP contribution is 2.14. The Balaban J connectivity index is 2.23. The first-order valence-electron chi connectivity index (χ1n) is 6.86. The number of nitrogens with zero attached hydrogens (tertiary/aromatic N) is 1. The molecule has 1 aromatic heterocycles. The van der Waals surface area contributed by atoms with E-state index in [1.165, 1.54) is 17.9 Å². The number of methoxy groups -OCH3 is 1. The summed E-state index contributed by atoms with van der Waals surface area (Å²) in [6.45, 7) is 1.03. The minimum Gasteiger partial charge on any atom is -0.507 e. The molecule has 0 aliphatic carbocycles. The van der Waals surface area contributed by atoms with Gasteiger partial charge in [0.1, 0.15) is 5.75 Å². The van der Waals surface area contributed by atoms with Gasteiger partial charge in [-0.05, 0) is 5.56 Å². The zero-order valence-electron chi connectivity index (χ0n) is 12.3. The van der Waals surface area contributed by atoms with E-state index < -0.39 is 5.91 Å². The number of aromatic nitrogens is 1. The lowest BCUT2D eigenvalue weighted by Crippen LogP contribution is -2.29. The molecule has 0 radical (unpaired) electrons. The van der Waals surface area contributed by atoms with Gasteiger partial charge in [-0.3, -0.25) is 9.59 Å². The molecule has 6 heteroatoms. The summed E-state index contributed by atoms with van der Waals surface area (Å²) in [4.78, 5) is 23.9. The molecule has 2 aromatic rings. The molecule has 116 valence electrons. The van der Waals surface area contributed by atoms with Crippen LogP contribution in [0.1, 0.15) is 15.9 Å². The van der Waals surface area contributed by atoms with E-state index in [2.05, 4.69) is 5.32 Å². The summed E-state index contributed by atoms with van der Waals surface area (Å²) < 4.78 is 6.24. The lowest BCUT2D eigenvalue weighted by molar-refractivity contribution is 0.0933. The molecule has 0 fully saturated rings. The predicted octanol–water partition coefficient (Wildman–Crippen LogP) is 0.978. The molecular formula is C16H18N2O4. The highest BCUT2D eigenvalue weighted by molar-refractivity contribution is 5.96. The fourth-order valence-electron chi connectivity index (χ4n) is 2.00. The Labute approximate surface area is 128 Å². The molecule has 0 aliphatic rings. The van der Waals surface area contributed by atoms with Crippen molar-refractivity contribution in [1.29, 1.82) is 0 Å². The monoisotopic (exact) mass is 302 g/mol. The zero-order valence-corrected chi connectivity index (χ0v) is 12.3. The van der Waals surface area contributed by atoms with E-state index in [4.69, 9.17) is 4.74 Å². The normalized spacial score (nSPS) is 10.4. The van der Waals surface area contributed by atoms with Crippen LogP contribution in [0.15, 0.2) is 47.4 Å². The Morgan fingerprint density at radius 2 is 2.05 bits per heavy atom. The van der Waals surface area contributed by atoms with E-state index in [0.717, 1.165) is 11.6 Å². The lowest BCUT2D eigenvalue weighted by atomic mass is 10.2. The molecule has 1 amide bonds. The van der Waals surface area contributed by atoms with Crippen LogP contribution in [0.2, 0.25) is 0 Å². The molecule has 0 saturated carbocycles. The number of amides is 1. The number of rotatable bonds is 6. The maximum atomic E-state index is 12.0. The van der Waals surface area contributed by atoms with E-state index in [1.807, 2.05) is 30.3 Å². The average Bonchev–Trinajstić information content (AvgIpc) is 2.51. The molecule has 0 atom stereocenters. The fraction of sp³-hybridized carbons (Fsp3) is 0.250. The summed E-state index contributed by atoms with van der Waals surface area (Å²) in [5.41, 5.74) is 0.627. The van der Waals surface area contributed by atoms with Crippen LogP contribution in [0.4, 0.5) is 0 Å². The van der Waals surface area contributed by atoms with Gasteiger partial charge in [-0.15, -0.1) is 0 Å². The summed E-state index contributed by atoms with van der Waals surface area (Å²) in [7, 11) is 1.53. The Morgan fingerprint density at radius 1 is 1.32 bits per heavy atom. The van der Waals surface area contributed by atoms with Crippen LogP contribution >= 0.6 is 0 Å². The zero-order chi connectivity index (χ0) is 15.9. The molecular weight excluding hydrogens is 284 g/mol. The number of pyridine rings is 1. The highest BCUT2D eigenvalue weighted by Gasteiger charge is 2.13. The number of hydrogen-bond acceptors (Lipinski definition) is 4. The summed E-state index contributed by atoms with van der Waals surface area (Å²) in [5, 5.41) is 12.4. The summed E-state index contributed by atoms with van der Waals surface area (Å²) >= 11 is 0. The third-order valence-corrected chi connectivity index (χ3v) is 3.14. The van der Waals surface area contributed by atoms with E-state index in [0.29, 0.717) is 19.7 Å². The number of nitrogens with one attached hydrogen (secondary N) is 1. The van der Waals surface area contributed by atoms with Crippen LogP contribution in [-0.4, -0.2) is 35.8 Å². The first kappa shape index (κ1) is 15.8. The fourth-order valence-corrected chi connectivity index (χ4v) is 2.00. The van der Waals surface area contributed by atoms with E-state index in [1.54, 1.807) is 0 Å². The van der Waals surface area contributed by atoms with Gasteiger partial charge in [0.05, 0.1) is 18.7 Å². The Kier molecular flexibility index (Phi) is 5.32. The van der Waals surface area contributed by atoms with Gasteiger partial charge in [0, 0.05) is 25.9 Å². The molecule has 1 aromatic carbocycles. The van der Waals surface area contributed by atoms with Gasteiger partial charge in [-0.1, -0.05) is 30.3 Å². The number of carbonyl (C=O) groups excluding carboxylic acids is 1. The van der Waals surface area contributed by atoms with Crippen molar-refractivity contribution < 1.29 is 14.6 Å². The number of carbonyl (C=O) groups is 1. The van der Waals surface area contributed by atoms with E-state index >= 15 is 0 Å². The second-order valence-electron chi connectivity index (χ2n) is 4.77. The molecule has 1 heterocycles. The van der Waals surface area contributed by atoms with Crippen LogP contribution < -0.4 is 10.9 Å². The molecule has 0 aliphatic heterocycles. The van der Waals surface area contributed by atoms with Crippen molar-refractivity contribution in [1.82, 2.24) is 9.88 Å². The number of aromatic hydroxyl groups is 1. The van der Waals surface area contributed by atoms with Gasteiger partial charge in [0.2, 0.25) is 0 Å². The van der Waals surface area contributed by atoms with E-state index in [-0.39, 0.29) is 16.9 Å². The molecule has 0 spiro atoms. The first-order chi connectivity index (χ1) is 10.6. The minimum absolute atomic E-state index is 0.0617. The average molecular weight is 302 g/mol. The van der Waals surface area contributed by atoms with Crippen molar-refractivity contribution in [2.24, 2.45) is 0 Å². The van der Waals surface area contributed by atoms with Gasteiger partial charge in [0.25, 0.3) is 11.5 Å². The number of ether oxygens (including phenoxy) is 1. The second-order valence-corrected chi connectivity index (χ2v) is 4.77. The topological polar surface area (TPSA) is 80.6 Å². The van der Waals surface area contributed by atoms with Crippen molar-refractivity contribution in [2.45, 2.75) is 6.54 Å². The third-order valence-electron chi connectivity index (χ3n) is 3.14. The van der Waals surface area contributed by atoms with Gasteiger partial charge in [-0.25, -0.2) is 0 Å². The van der Waals surface area contributed by atoms with Crippen LogP contribution in [0, 0.1) is 0 Å². The van der Waals surface area contributed by atoms with Crippen LogP contribution in [0.25, 0.3) is 0 Å². The minimum atomic E-state index is -0.448. The summed E-state index contributed by atoms with van der Waals surface area (Å²) in [5.74, 6) is -0.777. The van der Waals surface area contributed by atoms with Crippen molar-refractivity contribution >= 4 is 5.91 Å². The standard InChI is InChI=1S/C16H18N2O4/c1-22-8-7-17-16(21)13-11-18(15(20)9-14(13)19)10-12-5-3-2-4-6-12/h2-6,9,11,19H,7-8,10H2,1H3,(H,17,21). The van der Waals surface area contributed by atoms with Gasteiger partial charge in [0.15, 0.2) is 0 Å². The van der Waals surface area contributed by atoms with Crippen LogP contribution in [0.5, 0.6) is 5.75 Å². The molecule has 2 rings (SSSR count). The maximum absolute atomic E-state index is 12.0. The van der Waals surface area contributed by atoms with Crippen LogP contribution in [-0.2, 0) is 11.3 Å². The predicted molar refractivity (Wildman–Crippen MR) is 82.1 cm³/mol. The quantitative estimate of drug-likeness (QED) is 0.779. The molecule has 0 saturated heterocycles. The molecule has 0 unspecified atom stereocenters. The van der Waals surface area contributed by atoms with E-state index in [9.17, 15) is 14.7 Å². The van der Waals surface area contributed by atoms with Crippen LogP contribution in [0.3, 0.4) is 0 Å². The lowest BCUT2D eigenvalue weighted by Gasteiger charge is -2.10. The highest BCUT2D eigenvalue weighted by atomic mass is 16.5. The van der Waals surface area contributed by atoms with Gasteiger partial charge in [-0.2, -0.15) is 0 Å². The second kappa shape index (κ2) is 7.42. The Morgan fingerprint density at radius 3 is 2.73 bits per heavy atom.